The van der Waals surface area contributed by atoms with E-state index < -0.39 is 5.91 Å². The third-order valence-electron chi connectivity index (χ3n) is 4.49. The molecule has 0 heterocycles. The minimum atomic E-state index is -0.424. The van der Waals surface area contributed by atoms with Gasteiger partial charge in [-0.1, -0.05) is 36.4 Å². The molecule has 7 nitrogen and oxygen atoms in total. The summed E-state index contributed by atoms with van der Waals surface area (Å²) in [7, 11) is 3.11. The van der Waals surface area contributed by atoms with Gasteiger partial charge in [0, 0.05) is 25.6 Å². The molecule has 0 aliphatic rings. The van der Waals surface area contributed by atoms with Crippen LogP contribution in [0.3, 0.4) is 0 Å². The number of nitrogens with zero attached hydrogens (tertiary/aromatic N) is 1. The van der Waals surface area contributed by atoms with Crippen LogP contribution in [0.25, 0.3) is 6.08 Å². The highest BCUT2D eigenvalue weighted by atomic mass is 32.1. The van der Waals surface area contributed by atoms with Crippen molar-refractivity contribution in [2.24, 2.45) is 5.73 Å². The molecule has 31 heavy (non-hydrogen) atoms. The third kappa shape index (κ3) is 8.10. The Bertz CT molecular complexity index is 932. The predicted molar refractivity (Wildman–Crippen MR) is 125 cm³/mol. The SMILES string of the molecule is COc1ccc(/C=C/C(=O)NC(=S)N(CCC(N)=O)CCc2ccccc2)cc1OC. The Morgan fingerprint density at radius 1 is 1.06 bits per heavy atom. The van der Waals surface area contributed by atoms with E-state index in [2.05, 4.69) is 5.32 Å². The Hall–Kier alpha value is -3.39. The van der Waals surface area contributed by atoms with Crippen molar-refractivity contribution in [2.75, 3.05) is 27.3 Å². The maximum absolute atomic E-state index is 12.4. The van der Waals surface area contributed by atoms with Gasteiger partial charge in [-0.2, -0.15) is 0 Å². The molecule has 0 aliphatic heterocycles. The number of hydrogen-bond donors (Lipinski definition) is 2. The highest BCUT2D eigenvalue weighted by Gasteiger charge is 2.13. The molecule has 0 spiro atoms. The second kappa shape index (κ2) is 12.3. The van der Waals surface area contributed by atoms with E-state index in [0.29, 0.717) is 24.6 Å². The van der Waals surface area contributed by atoms with Crippen molar-refractivity contribution >= 4 is 35.2 Å². The van der Waals surface area contributed by atoms with Gasteiger partial charge in [-0.3, -0.25) is 14.9 Å². The van der Waals surface area contributed by atoms with Crippen LogP contribution in [0.15, 0.2) is 54.6 Å². The van der Waals surface area contributed by atoms with Crippen LogP contribution >= 0.6 is 12.2 Å². The number of nitrogens with two attached hydrogens (primary N) is 1. The molecule has 0 radical (unpaired) electrons. The molecule has 0 saturated heterocycles. The quantitative estimate of drug-likeness (QED) is 0.435. The van der Waals surface area contributed by atoms with Gasteiger partial charge >= 0.3 is 0 Å². The number of carbonyl (C=O) groups is 2. The van der Waals surface area contributed by atoms with Crippen LogP contribution in [-0.2, 0) is 16.0 Å². The van der Waals surface area contributed by atoms with Crippen molar-refractivity contribution in [3.8, 4) is 11.5 Å². The number of thiocarbonyl (C=S) groups is 1. The lowest BCUT2D eigenvalue weighted by atomic mass is 10.1. The largest absolute Gasteiger partial charge is 0.493 e. The Kier molecular flexibility index (Phi) is 9.51. The van der Waals surface area contributed by atoms with Crippen LogP contribution in [0.1, 0.15) is 17.5 Å². The molecule has 164 valence electrons. The molecule has 0 saturated carbocycles. The summed E-state index contributed by atoms with van der Waals surface area (Å²) in [5, 5.41) is 2.93. The summed E-state index contributed by atoms with van der Waals surface area (Å²) < 4.78 is 10.5. The highest BCUT2D eigenvalue weighted by Crippen LogP contribution is 2.27. The Morgan fingerprint density at radius 2 is 1.77 bits per heavy atom. The van der Waals surface area contributed by atoms with E-state index in [9.17, 15) is 9.59 Å². The first-order chi connectivity index (χ1) is 14.9. The first-order valence-corrected chi connectivity index (χ1v) is 10.2. The summed E-state index contributed by atoms with van der Waals surface area (Å²) in [6, 6.07) is 15.2. The van der Waals surface area contributed by atoms with Gasteiger partial charge in [0.15, 0.2) is 16.6 Å². The number of rotatable bonds is 10. The standard InChI is InChI=1S/C23H27N3O4S/c1-29-19-10-8-18(16-20(19)30-2)9-11-22(28)25-23(31)26(15-13-21(24)27)14-12-17-6-4-3-5-7-17/h3-11,16H,12-15H2,1-2H3,(H2,24,27)(H,25,28,31)/b11-9+. The lowest BCUT2D eigenvalue weighted by Gasteiger charge is -2.24. The van der Waals surface area contributed by atoms with Crippen molar-refractivity contribution in [2.45, 2.75) is 12.8 Å². The second-order valence-electron chi connectivity index (χ2n) is 6.68. The predicted octanol–water partition coefficient (Wildman–Crippen LogP) is 2.54. The topological polar surface area (TPSA) is 93.9 Å². The number of benzene rings is 2. The summed E-state index contributed by atoms with van der Waals surface area (Å²) in [6.45, 7) is 0.885. The first kappa shape index (κ1) is 23.9. The smallest absolute Gasteiger partial charge is 0.250 e. The highest BCUT2D eigenvalue weighted by molar-refractivity contribution is 7.80. The first-order valence-electron chi connectivity index (χ1n) is 9.75. The van der Waals surface area contributed by atoms with Gasteiger partial charge in [-0.15, -0.1) is 0 Å². The van der Waals surface area contributed by atoms with E-state index in [-0.39, 0.29) is 17.4 Å². The fraction of sp³-hybridized carbons (Fsp3) is 0.261. The maximum Gasteiger partial charge on any atom is 0.250 e. The van der Waals surface area contributed by atoms with Crippen LogP contribution in [0.5, 0.6) is 11.5 Å². The average Bonchev–Trinajstić information content (AvgIpc) is 2.77. The molecular formula is C23H27N3O4S. The monoisotopic (exact) mass is 441 g/mol. The molecule has 0 atom stereocenters. The van der Waals surface area contributed by atoms with Crippen LogP contribution in [0.4, 0.5) is 0 Å². The fourth-order valence-electron chi connectivity index (χ4n) is 2.82. The molecule has 2 amide bonds. The fourth-order valence-corrected chi connectivity index (χ4v) is 3.11. The summed E-state index contributed by atoms with van der Waals surface area (Å²) in [6.07, 6.45) is 3.90. The van der Waals surface area contributed by atoms with E-state index in [0.717, 1.165) is 17.5 Å². The number of amides is 2. The number of nitrogens with one attached hydrogen (secondary N) is 1. The van der Waals surface area contributed by atoms with E-state index >= 15 is 0 Å². The molecule has 0 aliphatic carbocycles. The van der Waals surface area contributed by atoms with Gasteiger partial charge in [0.1, 0.15) is 0 Å². The van der Waals surface area contributed by atoms with E-state index in [4.69, 9.17) is 27.4 Å². The van der Waals surface area contributed by atoms with Crippen molar-refractivity contribution in [1.82, 2.24) is 10.2 Å². The molecule has 2 rings (SSSR count). The van der Waals surface area contributed by atoms with Gasteiger partial charge in [-0.25, -0.2) is 0 Å². The van der Waals surface area contributed by atoms with Crippen molar-refractivity contribution in [1.29, 1.82) is 0 Å². The minimum Gasteiger partial charge on any atom is -0.493 e. The lowest BCUT2D eigenvalue weighted by molar-refractivity contribution is -0.118. The number of ether oxygens (including phenoxy) is 2. The second-order valence-corrected chi connectivity index (χ2v) is 7.07. The van der Waals surface area contributed by atoms with Gasteiger partial charge in [0.05, 0.1) is 14.2 Å². The van der Waals surface area contributed by atoms with Crippen molar-refractivity contribution in [3.63, 3.8) is 0 Å². The third-order valence-corrected chi connectivity index (χ3v) is 4.85. The van der Waals surface area contributed by atoms with E-state index in [1.807, 2.05) is 36.4 Å². The summed E-state index contributed by atoms with van der Waals surface area (Å²) in [5.74, 6) is 0.378. The normalized spacial score (nSPS) is 10.5. The molecule has 0 unspecified atom stereocenters. The average molecular weight is 442 g/mol. The van der Waals surface area contributed by atoms with E-state index in [1.54, 1.807) is 37.3 Å². The zero-order valence-electron chi connectivity index (χ0n) is 17.7. The van der Waals surface area contributed by atoms with Gasteiger partial charge in [0.25, 0.3) is 0 Å². The Labute approximate surface area is 187 Å². The van der Waals surface area contributed by atoms with Gasteiger partial charge in [-0.05, 0) is 48.0 Å². The molecular weight excluding hydrogens is 414 g/mol. The molecule has 0 aromatic heterocycles. The summed E-state index contributed by atoms with van der Waals surface area (Å²) >= 11 is 5.39. The summed E-state index contributed by atoms with van der Waals surface area (Å²) in [4.78, 5) is 25.3. The number of primary amides is 1. The van der Waals surface area contributed by atoms with Gasteiger partial charge < -0.3 is 20.1 Å². The number of carbonyl (C=O) groups excluding carboxylic acids is 2. The minimum absolute atomic E-state index is 0.145. The zero-order chi connectivity index (χ0) is 22.6. The molecule has 0 bridgehead atoms. The molecule has 0 fully saturated rings. The maximum atomic E-state index is 12.4. The summed E-state index contributed by atoms with van der Waals surface area (Å²) in [5.41, 5.74) is 7.18. The number of hydrogen-bond acceptors (Lipinski definition) is 5. The molecule has 2 aromatic carbocycles. The molecule has 2 aromatic rings. The Balaban J connectivity index is 1.99. The van der Waals surface area contributed by atoms with Crippen LogP contribution in [-0.4, -0.2) is 49.1 Å². The van der Waals surface area contributed by atoms with Gasteiger partial charge in [0.2, 0.25) is 11.8 Å². The van der Waals surface area contributed by atoms with Crippen LogP contribution in [0.2, 0.25) is 0 Å². The molecule has 8 heteroatoms. The van der Waals surface area contributed by atoms with Crippen molar-refractivity contribution in [3.05, 3.63) is 65.7 Å². The Morgan fingerprint density at radius 3 is 2.42 bits per heavy atom. The number of methoxy groups -OCH3 is 2. The van der Waals surface area contributed by atoms with E-state index in [1.165, 1.54) is 6.08 Å². The van der Waals surface area contributed by atoms with Crippen LogP contribution in [0, 0.1) is 0 Å². The lowest BCUT2D eigenvalue weighted by Crippen LogP contribution is -2.44. The molecule has 3 N–H and O–H groups in total. The zero-order valence-corrected chi connectivity index (χ0v) is 18.5. The van der Waals surface area contributed by atoms with Crippen molar-refractivity contribution < 1.29 is 19.1 Å². The van der Waals surface area contributed by atoms with Crippen LogP contribution < -0.4 is 20.5 Å².